The van der Waals surface area contributed by atoms with Crippen LogP contribution < -0.4 is 11.1 Å². The quantitative estimate of drug-likeness (QED) is 0.629. The largest absolute Gasteiger partial charge is 0.379 e. The molecule has 1 amide bonds. The zero-order valence-electron chi connectivity index (χ0n) is 10.9. The van der Waals surface area contributed by atoms with Crippen molar-refractivity contribution in [3.05, 3.63) is 0 Å². The van der Waals surface area contributed by atoms with Crippen molar-refractivity contribution in [1.29, 1.82) is 0 Å². The minimum Gasteiger partial charge on any atom is -0.379 e. The number of amides is 1. The molecule has 104 valence electrons. The Morgan fingerprint density at radius 2 is 2.12 bits per heavy atom. The van der Waals surface area contributed by atoms with Gasteiger partial charge in [-0.05, 0) is 38.7 Å². The van der Waals surface area contributed by atoms with E-state index >= 15 is 0 Å². The topological polar surface area (TPSA) is 64.4 Å². The fourth-order valence-corrected chi connectivity index (χ4v) is 1.60. The summed E-state index contributed by atoms with van der Waals surface area (Å²) in [6, 6.07) is -0.376. The third-order valence-electron chi connectivity index (χ3n) is 2.04. The van der Waals surface area contributed by atoms with Gasteiger partial charge in [0.05, 0.1) is 12.1 Å². The van der Waals surface area contributed by atoms with E-state index in [0.717, 1.165) is 18.6 Å². The molecule has 3 N–H and O–H groups in total. The summed E-state index contributed by atoms with van der Waals surface area (Å²) in [5.74, 6) is 0.865. The van der Waals surface area contributed by atoms with Gasteiger partial charge in [-0.1, -0.05) is 0 Å². The lowest BCUT2D eigenvalue weighted by Gasteiger charge is -2.12. The van der Waals surface area contributed by atoms with E-state index in [1.807, 2.05) is 20.1 Å². The lowest BCUT2D eigenvalue weighted by atomic mass is 10.2. The van der Waals surface area contributed by atoms with Crippen molar-refractivity contribution in [1.82, 2.24) is 5.32 Å². The van der Waals surface area contributed by atoms with Crippen LogP contribution in [0.3, 0.4) is 0 Å². The van der Waals surface area contributed by atoms with Gasteiger partial charge in [-0.15, -0.1) is 12.4 Å². The van der Waals surface area contributed by atoms with Crippen LogP contribution in [-0.2, 0) is 9.53 Å². The van der Waals surface area contributed by atoms with Crippen LogP contribution in [0.4, 0.5) is 0 Å². The molecule has 6 heteroatoms. The van der Waals surface area contributed by atoms with Crippen LogP contribution in [-0.4, -0.2) is 43.2 Å². The first-order valence-electron chi connectivity index (χ1n) is 5.71. The summed E-state index contributed by atoms with van der Waals surface area (Å²) in [6.45, 7) is 5.31. The number of carbonyl (C=O) groups is 1. The normalized spacial score (nSPS) is 12.1. The molecule has 0 fully saturated rings. The van der Waals surface area contributed by atoms with Crippen LogP contribution in [0.15, 0.2) is 0 Å². The lowest BCUT2D eigenvalue weighted by Crippen LogP contribution is -2.41. The van der Waals surface area contributed by atoms with Gasteiger partial charge >= 0.3 is 0 Å². The highest BCUT2D eigenvalue weighted by Gasteiger charge is 2.11. The van der Waals surface area contributed by atoms with Gasteiger partial charge in [0.1, 0.15) is 0 Å². The van der Waals surface area contributed by atoms with Gasteiger partial charge in [-0.3, -0.25) is 4.79 Å². The van der Waals surface area contributed by atoms with Crippen LogP contribution in [0.1, 0.15) is 26.7 Å². The number of hydrogen-bond donors (Lipinski definition) is 2. The number of halogens is 1. The summed E-state index contributed by atoms with van der Waals surface area (Å²) in [6.07, 6.45) is 3.82. The number of thioether (sulfide) groups is 1. The molecule has 0 spiro atoms. The van der Waals surface area contributed by atoms with Crippen LogP contribution >= 0.6 is 24.2 Å². The smallest absolute Gasteiger partial charge is 0.236 e. The summed E-state index contributed by atoms with van der Waals surface area (Å²) in [5, 5.41) is 2.81. The van der Waals surface area contributed by atoms with E-state index in [4.69, 9.17) is 10.5 Å². The molecule has 4 nitrogen and oxygen atoms in total. The average molecular weight is 285 g/mol. The molecule has 0 rings (SSSR count). The van der Waals surface area contributed by atoms with Crippen molar-refractivity contribution in [3.8, 4) is 0 Å². The molecule has 17 heavy (non-hydrogen) atoms. The fourth-order valence-electron chi connectivity index (χ4n) is 1.11. The monoisotopic (exact) mass is 284 g/mol. The Morgan fingerprint density at radius 1 is 1.47 bits per heavy atom. The zero-order valence-corrected chi connectivity index (χ0v) is 12.5. The van der Waals surface area contributed by atoms with Crippen molar-refractivity contribution < 1.29 is 9.53 Å². The van der Waals surface area contributed by atoms with Crippen molar-refractivity contribution >= 4 is 30.1 Å². The molecular formula is C11H25ClN2O2S. The maximum absolute atomic E-state index is 11.5. The van der Waals surface area contributed by atoms with Crippen molar-refractivity contribution in [2.45, 2.75) is 38.8 Å². The Hall–Kier alpha value is 0.0300. The molecule has 0 unspecified atom stereocenters. The van der Waals surface area contributed by atoms with Crippen molar-refractivity contribution in [2.75, 3.05) is 25.2 Å². The Bertz CT molecular complexity index is 194. The second-order valence-corrected chi connectivity index (χ2v) is 4.94. The van der Waals surface area contributed by atoms with E-state index in [1.54, 1.807) is 11.8 Å². The van der Waals surface area contributed by atoms with Gasteiger partial charge in [0.2, 0.25) is 5.91 Å². The minimum absolute atomic E-state index is 0. The number of rotatable bonds is 9. The average Bonchev–Trinajstić information content (AvgIpc) is 2.24. The molecule has 0 aromatic carbocycles. The Morgan fingerprint density at radius 3 is 2.65 bits per heavy atom. The van der Waals surface area contributed by atoms with Gasteiger partial charge in [0, 0.05) is 13.2 Å². The summed E-state index contributed by atoms with van der Waals surface area (Å²) in [4.78, 5) is 11.5. The first-order chi connectivity index (χ1) is 7.57. The number of ether oxygens (including phenoxy) is 1. The van der Waals surface area contributed by atoms with Gasteiger partial charge in [-0.25, -0.2) is 0 Å². The summed E-state index contributed by atoms with van der Waals surface area (Å²) in [7, 11) is 0. The Balaban J connectivity index is 0. The predicted molar refractivity (Wildman–Crippen MR) is 76.9 cm³/mol. The summed E-state index contributed by atoms with van der Waals surface area (Å²) < 4.78 is 5.36. The molecule has 0 radical (unpaired) electrons. The first-order valence-corrected chi connectivity index (χ1v) is 7.11. The van der Waals surface area contributed by atoms with Gasteiger partial charge < -0.3 is 15.8 Å². The second-order valence-electron chi connectivity index (χ2n) is 3.95. The van der Waals surface area contributed by atoms with Crippen molar-refractivity contribution in [3.63, 3.8) is 0 Å². The first kappa shape index (κ1) is 19.4. The number of hydrogen-bond acceptors (Lipinski definition) is 4. The molecule has 0 aromatic heterocycles. The van der Waals surface area contributed by atoms with E-state index < -0.39 is 0 Å². The van der Waals surface area contributed by atoms with Gasteiger partial charge in [0.15, 0.2) is 0 Å². The third-order valence-corrected chi connectivity index (χ3v) is 2.69. The highest BCUT2D eigenvalue weighted by molar-refractivity contribution is 7.98. The number of nitrogens with two attached hydrogens (primary N) is 1. The third kappa shape index (κ3) is 12.3. The molecule has 0 aromatic rings. The molecule has 0 aliphatic carbocycles. The maximum atomic E-state index is 11.5. The van der Waals surface area contributed by atoms with Gasteiger partial charge in [-0.2, -0.15) is 11.8 Å². The Kier molecular flexibility index (Phi) is 14.2. The zero-order chi connectivity index (χ0) is 12.4. The van der Waals surface area contributed by atoms with Crippen LogP contribution in [0.2, 0.25) is 0 Å². The van der Waals surface area contributed by atoms with Crippen LogP contribution in [0, 0.1) is 0 Å². The predicted octanol–water partition coefficient (Wildman–Crippen LogP) is 1.42. The fraction of sp³-hybridized carbons (Fsp3) is 0.909. The highest BCUT2D eigenvalue weighted by Crippen LogP contribution is 1.98. The van der Waals surface area contributed by atoms with E-state index in [1.165, 1.54) is 0 Å². The number of nitrogens with one attached hydrogen (secondary N) is 1. The highest BCUT2D eigenvalue weighted by atomic mass is 35.5. The molecule has 0 heterocycles. The lowest BCUT2D eigenvalue weighted by molar-refractivity contribution is -0.122. The standard InChI is InChI=1S/C11H24N2O2S.ClH/c1-9(2)15-7-4-6-13-11(14)10(12)5-8-16-3;/h9-10H,4-8,12H2,1-3H3,(H,13,14);1H/t10-;/m0./s1. The Labute approximate surface area is 115 Å². The molecular weight excluding hydrogens is 260 g/mol. The molecule has 0 aliphatic heterocycles. The summed E-state index contributed by atoms with van der Waals surface area (Å²) >= 11 is 1.70. The minimum atomic E-state index is -0.376. The van der Waals surface area contributed by atoms with Crippen molar-refractivity contribution in [2.24, 2.45) is 5.73 Å². The maximum Gasteiger partial charge on any atom is 0.236 e. The van der Waals surface area contributed by atoms with Crippen LogP contribution in [0.5, 0.6) is 0 Å². The molecule has 0 saturated heterocycles. The van der Waals surface area contributed by atoms with E-state index in [2.05, 4.69) is 5.32 Å². The molecule has 0 saturated carbocycles. The number of carbonyl (C=O) groups excluding carboxylic acids is 1. The van der Waals surface area contributed by atoms with Crippen LogP contribution in [0.25, 0.3) is 0 Å². The SMILES string of the molecule is CSCC[C@H](N)C(=O)NCCCOC(C)C.Cl. The van der Waals surface area contributed by atoms with E-state index in [0.29, 0.717) is 13.2 Å². The molecule has 0 aliphatic rings. The van der Waals surface area contributed by atoms with E-state index in [-0.39, 0.29) is 30.5 Å². The summed E-state index contributed by atoms with van der Waals surface area (Å²) in [5.41, 5.74) is 5.71. The second kappa shape index (κ2) is 12.5. The van der Waals surface area contributed by atoms with Gasteiger partial charge in [0.25, 0.3) is 0 Å². The molecule has 1 atom stereocenters. The molecule has 0 bridgehead atoms. The van der Waals surface area contributed by atoms with E-state index in [9.17, 15) is 4.79 Å².